The van der Waals surface area contributed by atoms with E-state index in [1.54, 1.807) is 18.3 Å². The van der Waals surface area contributed by atoms with Crippen molar-refractivity contribution in [2.45, 2.75) is 39.5 Å². The summed E-state index contributed by atoms with van der Waals surface area (Å²) in [7, 11) is 0. The Kier molecular flexibility index (Phi) is 10.5. The Morgan fingerprint density at radius 3 is 2.56 bits per heavy atom. The Morgan fingerprint density at radius 2 is 1.80 bits per heavy atom. The smallest absolute Gasteiger partial charge is 0.408 e. The Bertz CT molecular complexity index is 1440. The summed E-state index contributed by atoms with van der Waals surface area (Å²) in [6.07, 6.45) is 4.02. The van der Waals surface area contributed by atoms with E-state index in [2.05, 4.69) is 31.9 Å². The van der Waals surface area contributed by atoms with Gasteiger partial charge in [-0.2, -0.15) is 5.10 Å². The molecule has 2 amide bonds. The van der Waals surface area contributed by atoms with Gasteiger partial charge in [-0.25, -0.2) is 15.2 Å². The molecule has 0 aliphatic rings. The lowest BCUT2D eigenvalue weighted by atomic mass is 10.1. The molecule has 10 heteroatoms. The van der Waals surface area contributed by atoms with Crippen LogP contribution in [0.25, 0.3) is 0 Å². The lowest BCUT2D eigenvalue weighted by Crippen LogP contribution is -2.47. The first-order valence-electron chi connectivity index (χ1n) is 13.2. The molecule has 3 N–H and O–H groups in total. The minimum atomic E-state index is -0.952. The fraction of sp³-hybridized carbons (Fsp3) is 0.226. The number of alkyl carbamates (subject to hydrolysis) is 1. The van der Waals surface area contributed by atoms with Crippen LogP contribution in [-0.4, -0.2) is 40.8 Å². The van der Waals surface area contributed by atoms with Crippen LogP contribution in [0, 0.1) is 6.92 Å². The number of amides is 2. The maximum absolute atomic E-state index is 13.0. The molecule has 212 valence electrons. The van der Waals surface area contributed by atoms with E-state index in [4.69, 9.17) is 14.2 Å². The van der Waals surface area contributed by atoms with E-state index < -0.39 is 18.0 Å². The van der Waals surface area contributed by atoms with Crippen molar-refractivity contribution in [3.8, 4) is 11.5 Å². The maximum atomic E-state index is 13.0. The number of hydrogen-bond donors (Lipinski definition) is 3. The van der Waals surface area contributed by atoms with Gasteiger partial charge in [0.2, 0.25) is 0 Å². The number of aromatic nitrogens is 2. The molecule has 1 aromatic heterocycles. The van der Waals surface area contributed by atoms with Gasteiger partial charge in [0.1, 0.15) is 19.3 Å². The number of ether oxygens (including phenoxy) is 3. The monoisotopic (exact) mass is 555 g/mol. The zero-order valence-electron chi connectivity index (χ0n) is 23.0. The zero-order chi connectivity index (χ0) is 28.9. The van der Waals surface area contributed by atoms with Crippen molar-refractivity contribution in [1.82, 2.24) is 20.7 Å². The van der Waals surface area contributed by atoms with Crippen LogP contribution in [0.5, 0.6) is 11.5 Å². The van der Waals surface area contributed by atoms with Gasteiger partial charge < -0.3 is 24.5 Å². The average molecular weight is 556 g/mol. The number of imidazole rings is 1. The number of benzene rings is 3. The van der Waals surface area contributed by atoms with E-state index in [1.165, 1.54) is 12.5 Å². The lowest BCUT2D eigenvalue weighted by molar-refractivity contribution is -0.123. The number of nitrogens with zero attached hydrogens (tertiary/aromatic N) is 2. The first-order valence-corrected chi connectivity index (χ1v) is 13.2. The predicted molar refractivity (Wildman–Crippen MR) is 155 cm³/mol. The Hall–Kier alpha value is -5.12. The van der Waals surface area contributed by atoms with Crippen LogP contribution in [0.15, 0.2) is 90.4 Å². The van der Waals surface area contributed by atoms with Gasteiger partial charge in [-0.05, 0) is 48.7 Å². The molecule has 0 aliphatic carbocycles. The van der Waals surface area contributed by atoms with Crippen LogP contribution in [0.3, 0.4) is 0 Å². The van der Waals surface area contributed by atoms with Gasteiger partial charge in [-0.3, -0.25) is 4.79 Å². The fourth-order valence-electron chi connectivity index (χ4n) is 3.94. The van der Waals surface area contributed by atoms with Gasteiger partial charge in [-0.15, -0.1) is 0 Å². The molecular weight excluding hydrogens is 522 g/mol. The summed E-state index contributed by atoms with van der Waals surface area (Å²) >= 11 is 0. The van der Waals surface area contributed by atoms with Crippen molar-refractivity contribution in [2.24, 2.45) is 5.10 Å². The molecule has 0 radical (unpaired) electrons. The lowest BCUT2D eigenvalue weighted by Gasteiger charge is -2.16. The minimum absolute atomic E-state index is 0.0795. The molecule has 4 rings (SSSR count). The Balaban J connectivity index is 1.37. The first-order chi connectivity index (χ1) is 20.0. The average Bonchev–Trinajstić information content (AvgIpc) is 3.49. The van der Waals surface area contributed by atoms with Gasteiger partial charge in [-0.1, -0.05) is 60.2 Å². The molecule has 10 nitrogen and oxygen atoms in total. The summed E-state index contributed by atoms with van der Waals surface area (Å²) in [6, 6.07) is 21.8. The molecule has 1 heterocycles. The summed E-state index contributed by atoms with van der Waals surface area (Å²) in [4.78, 5) is 32.3. The Morgan fingerprint density at radius 1 is 0.976 bits per heavy atom. The fourth-order valence-corrected chi connectivity index (χ4v) is 3.94. The van der Waals surface area contributed by atoms with Gasteiger partial charge in [0.25, 0.3) is 5.91 Å². The third-order valence-corrected chi connectivity index (χ3v) is 5.93. The van der Waals surface area contributed by atoms with E-state index in [9.17, 15) is 9.59 Å². The highest BCUT2D eigenvalue weighted by Crippen LogP contribution is 2.29. The second kappa shape index (κ2) is 14.9. The van der Waals surface area contributed by atoms with E-state index in [0.717, 1.165) is 16.7 Å². The van der Waals surface area contributed by atoms with Gasteiger partial charge in [0, 0.05) is 18.3 Å². The van der Waals surface area contributed by atoms with Crippen molar-refractivity contribution in [1.29, 1.82) is 0 Å². The first kappa shape index (κ1) is 28.9. The molecule has 0 saturated heterocycles. The van der Waals surface area contributed by atoms with Gasteiger partial charge in [0.05, 0.1) is 19.1 Å². The normalized spacial score (nSPS) is 11.6. The highest BCUT2D eigenvalue weighted by molar-refractivity contribution is 5.87. The summed E-state index contributed by atoms with van der Waals surface area (Å²) < 4.78 is 17.0. The van der Waals surface area contributed by atoms with Crippen molar-refractivity contribution in [3.05, 3.63) is 113 Å². The number of hydrogen-bond acceptors (Lipinski definition) is 7. The van der Waals surface area contributed by atoms with Gasteiger partial charge in [0.15, 0.2) is 11.5 Å². The van der Waals surface area contributed by atoms with Crippen LogP contribution >= 0.6 is 0 Å². The second-order valence-electron chi connectivity index (χ2n) is 9.19. The summed E-state index contributed by atoms with van der Waals surface area (Å²) in [5, 5.41) is 6.69. The number of rotatable bonds is 13. The number of H-pyrrole nitrogens is 1. The van der Waals surface area contributed by atoms with E-state index in [-0.39, 0.29) is 13.0 Å². The molecule has 0 saturated carbocycles. The largest absolute Gasteiger partial charge is 0.490 e. The van der Waals surface area contributed by atoms with Crippen molar-refractivity contribution >= 4 is 18.2 Å². The molecule has 0 bridgehead atoms. The molecule has 3 aromatic carbocycles. The molecular formula is C31H33N5O5. The molecule has 4 aromatic rings. The number of nitrogens with one attached hydrogen (secondary N) is 3. The van der Waals surface area contributed by atoms with Crippen LogP contribution < -0.4 is 20.2 Å². The second-order valence-corrected chi connectivity index (χ2v) is 9.19. The molecule has 0 unspecified atom stereocenters. The Labute approximate surface area is 238 Å². The highest BCUT2D eigenvalue weighted by Gasteiger charge is 2.22. The molecule has 41 heavy (non-hydrogen) atoms. The summed E-state index contributed by atoms with van der Waals surface area (Å²) in [6.45, 7) is 4.87. The summed E-state index contributed by atoms with van der Waals surface area (Å²) in [5.41, 5.74) is 6.91. The molecule has 0 fully saturated rings. The van der Waals surface area contributed by atoms with Crippen molar-refractivity contribution in [2.75, 3.05) is 6.61 Å². The third-order valence-electron chi connectivity index (χ3n) is 5.93. The van der Waals surface area contributed by atoms with E-state index >= 15 is 0 Å². The molecule has 0 aliphatic heterocycles. The van der Waals surface area contributed by atoms with Crippen LogP contribution in [0.1, 0.15) is 34.9 Å². The number of aromatic amines is 1. The SMILES string of the molecule is CCOc1cc(/C=N\NC(=O)[C@H](Cc2cnc[nH]2)NC(=O)OCc2ccccc2)ccc1OCc1cccc(C)c1. The number of carbonyl (C=O) groups excluding carboxylic acids is 2. The number of hydrazone groups is 1. The highest BCUT2D eigenvalue weighted by atomic mass is 16.5. The van der Waals surface area contributed by atoms with E-state index in [0.29, 0.717) is 36.0 Å². The van der Waals surface area contributed by atoms with Crippen LogP contribution in [0.2, 0.25) is 0 Å². The number of aryl methyl sites for hydroxylation is 1. The molecule has 1 atom stereocenters. The van der Waals surface area contributed by atoms with Crippen molar-refractivity contribution < 1.29 is 23.8 Å². The predicted octanol–water partition coefficient (Wildman–Crippen LogP) is 4.68. The molecule has 0 spiro atoms. The maximum Gasteiger partial charge on any atom is 0.408 e. The van der Waals surface area contributed by atoms with E-state index in [1.807, 2.05) is 68.4 Å². The van der Waals surface area contributed by atoms with Gasteiger partial charge >= 0.3 is 6.09 Å². The van der Waals surface area contributed by atoms with Crippen LogP contribution in [0.4, 0.5) is 4.79 Å². The third kappa shape index (κ3) is 9.24. The quantitative estimate of drug-likeness (QED) is 0.162. The van der Waals surface area contributed by atoms with Crippen LogP contribution in [-0.2, 0) is 29.2 Å². The topological polar surface area (TPSA) is 127 Å². The standard InChI is InChI=1S/C31H33N5O5/c1-3-39-29-15-24(12-13-28(29)40-20-25-11-7-8-22(2)14-25)17-34-36-30(37)27(16-26-18-32-21-33-26)35-31(38)41-19-23-9-5-4-6-10-23/h4-15,17-18,21,27H,3,16,19-20H2,1-2H3,(H,32,33)(H,35,38)(H,36,37)/b34-17-/t27-/m0/s1. The zero-order valence-corrected chi connectivity index (χ0v) is 23.0. The minimum Gasteiger partial charge on any atom is -0.490 e. The summed E-state index contributed by atoms with van der Waals surface area (Å²) in [5.74, 6) is 0.651. The number of carbonyl (C=O) groups is 2. The van der Waals surface area contributed by atoms with Crippen molar-refractivity contribution in [3.63, 3.8) is 0 Å².